The molecule has 0 radical (unpaired) electrons. The van der Waals surface area contributed by atoms with Crippen molar-refractivity contribution in [3.05, 3.63) is 41.6 Å². The van der Waals surface area contributed by atoms with Gasteiger partial charge in [-0.05, 0) is 25.8 Å². The lowest BCUT2D eigenvalue weighted by Crippen LogP contribution is -2.29. The normalized spacial score (nSPS) is 18.7. The van der Waals surface area contributed by atoms with Gasteiger partial charge in [-0.1, -0.05) is 30.3 Å². The summed E-state index contributed by atoms with van der Waals surface area (Å²) in [7, 11) is 0. The Morgan fingerprint density at radius 1 is 1.00 bits per heavy atom. The van der Waals surface area contributed by atoms with Crippen LogP contribution in [0, 0.1) is 0 Å². The van der Waals surface area contributed by atoms with Crippen LogP contribution >= 0.6 is 0 Å². The monoisotopic (exact) mass is 324 g/mol. The molecule has 24 heavy (non-hydrogen) atoms. The Bertz CT molecular complexity index is 683. The molecule has 0 aliphatic carbocycles. The minimum atomic E-state index is 0.442. The highest BCUT2D eigenvalue weighted by Crippen LogP contribution is 2.26. The Morgan fingerprint density at radius 3 is 2.62 bits per heavy atom. The summed E-state index contributed by atoms with van der Waals surface area (Å²) in [5.41, 5.74) is 3.54. The summed E-state index contributed by atoms with van der Waals surface area (Å²) in [5.74, 6) is 1.85. The summed E-state index contributed by atoms with van der Waals surface area (Å²) in [5, 5.41) is 7.16. The van der Waals surface area contributed by atoms with Crippen LogP contribution in [0.4, 0.5) is 5.82 Å². The molecule has 4 rings (SSSR count). The maximum atomic E-state index is 5.48. The molecule has 126 valence electrons. The Morgan fingerprint density at radius 2 is 1.79 bits per heavy atom. The number of rotatable bonds is 3. The van der Waals surface area contributed by atoms with Gasteiger partial charge in [-0.2, -0.15) is 0 Å². The number of hydrogen-bond donors (Lipinski definition) is 2. The largest absolute Gasteiger partial charge is 0.381 e. The Hall–Kier alpha value is -1.98. The van der Waals surface area contributed by atoms with E-state index in [0.717, 1.165) is 69.2 Å². The van der Waals surface area contributed by atoms with Gasteiger partial charge in [0, 0.05) is 43.3 Å². The summed E-state index contributed by atoms with van der Waals surface area (Å²) < 4.78 is 5.48. The van der Waals surface area contributed by atoms with Gasteiger partial charge < -0.3 is 15.4 Å². The lowest BCUT2D eigenvalue weighted by atomic mass is 10.1. The molecule has 0 amide bonds. The summed E-state index contributed by atoms with van der Waals surface area (Å²) in [6.07, 6.45) is 4.02. The molecule has 5 heteroatoms. The van der Waals surface area contributed by atoms with Crippen molar-refractivity contribution in [1.29, 1.82) is 0 Å². The van der Waals surface area contributed by atoms with E-state index in [1.807, 2.05) is 18.2 Å². The van der Waals surface area contributed by atoms with E-state index in [1.54, 1.807) is 0 Å². The van der Waals surface area contributed by atoms with E-state index in [2.05, 4.69) is 22.8 Å². The lowest BCUT2D eigenvalue weighted by molar-refractivity contribution is 0.0903. The van der Waals surface area contributed by atoms with Crippen LogP contribution in [-0.4, -0.2) is 42.3 Å². The number of ether oxygens (including phenoxy) is 1. The number of nitrogens with zero attached hydrogens (tertiary/aromatic N) is 2. The van der Waals surface area contributed by atoms with Crippen molar-refractivity contribution in [3.63, 3.8) is 0 Å². The predicted octanol–water partition coefficient (Wildman–Crippen LogP) is 2.42. The molecule has 0 unspecified atom stereocenters. The molecule has 1 fully saturated rings. The number of benzene rings is 1. The summed E-state index contributed by atoms with van der Waals surface area (Å²) in [6.45, 7) is 3.63. The highest BCUT2D eigenvalue weighted by Gasteiger charge is 2.21. The maximum absolute atomic E-state index is 5.48. The van der Waals surface area contributed by atoms with Gasteiger partial charge in [0.2, 0.25) is 0 Å². The first-order chi connectivity index (χ1) is 11.9. The second-order valence-electron chi connectivity index (χ2n) is 6.47. The average Bonchev–Trinajstić information content (AvgIpc) is 2.89. The molecule has 1 aromatic carbocycles. The molecule has 0 atom stereocenters. The van der Waals surface area contributed by atoms with Crippen molar-refractivity contribution in [1.82, 2.24) is 15.3 Å². The molecular weight excluding hydrogens is 300 g/mol. The van der Waals surface area contributed by atoms with E-state index < -0.39 is 0 Å². The van der Waals surface area contributed by atoms with Crippen molar-refractivity contribution in [3.8, 4) is 11.4 Å². The number of hydrogen-bond acceptors (Lipinski definition) is 5. The molecular formula is C19H24N4O. The SMILES string of the molecule is c1ccc(-c2nc3c(c(NC4CCOCC4)n2)CCNCC3)cc1. The summed E-state index contributed by atoms with van der Waals surface area (Å²) in [4.78, 5) is 9.78. The minimum absolute atomic E-state index is 0.442. The first-order valence-electron chi connectivity index (χ1n) is 8.90. The highest BCUT2D eigenvalue weighted by atomic mass is 16.5. The van der Waals surface area contributed by atoms with Gasteiger partial charge in [-0.25, -0.2) is 9.97 Å². The highest BCUT2D eigenvalue weighted by molar-refractivity contribution is 5.60. The molecule has 1 saturated heterocycles. The van der Waals surface area contributed by atoms with Crippen LogP contribution in [0.25, 0.3) is 11.4 Å². The summed E-state index contributed by atoms with van der Waals surface area (Å²) in [6, 6.07) is 10.7. The van der Waals surface area contributed by atoms with Crippen molar-refractivity contribution in [2.24, 2.45) is 0 Å². The average molecular weight is 324 g/mol. The van der Waals surface area contributed by atoms with E-state index in [1.165, 1.54) is 11.3 Å². The van der Waals surface area contributed by atoms with Crippen LogP contribution in [0.1, 0.15) is 24.1 Å². The van der Waals surface area contributed by atoms with Gasteiger partial charge in [0.1, 0.15) is 5.82 Å². The number of fused-ring (bicyclic) bond motifs is 1. The summed E-state index contributed by atoms with van der Waals surface area (Å²) >= 11 is 0. The Kier molecular flexibility index (Phi) is 4.71. The fourth-order valence-corrected chi connectivity index (χ4v) is 3.42. The van der Waals surface area contributed by atoms with Crippen LogP contribution in [0.15, 0.2) is 30.3 Å². The van der Waals surface area contributed by atoms with E-state index in [0.29, 0.717) is 6.04 Å². The number of nitrogens with one attached hydrogen (secondary N) is 2. The second-order valence-corrected chi connectivity index (χ2v) is 6.47. The molecule has 2 aliphatic rings. The Labute approximate surface area is 142 Å². The molecule has 2 N–H and O–H groups in total. The van der Waals surface area contributed by atoms with E-state index in [9.17, 15) is 0 Å². The topological polar surface area (TPSA) is 59.1 Å². The molecule has 2 aromatic rings. The molecule has 0 saturated carbocycles. The fourth-order valence-electron chi connectivity index (χ4n) is 3.42. The lowest BCUT2D eigenvalue weighted by Gasteiger charge is -2.25. The first-order valence-corrected chi connectivity index (χ1v) is 8.90. The first kappa shape index (κ1) is 15.5. The van der Waals surface area contributed by atoms with Crippen LogP contribution in [0.3, 0.4) is 0 Å². The van der Waals surface area contributed by atoms with Crippen LogP contribution in [-0.2, 0) is 17.6 Å². The van der Waals surface area contributed by atoms with Gasteiger partial charge in [0.05, 0.1) is 5.69 Å². The quantitative estimate of drug-likeness (QED) is 0.908. The van der Waals surface area contributed by atoms with Crippen molar-refractivity contribution < 1.29 is 4.74 Å². The van der Waals surface area contributed by atoms with E-state index in [4.69, 9.17) is 14.7 Å². The number of aromatic nitrogens is 2. The van der Waals surface area contributed by atoms with Crippen LogP contribution in [0.5, 0.6) is 0 Å². The van der Waals surface area contributed by atoms with E-state index in [-0.39, 0.29) is 0 Å². The van der Waals surface area contributed by atoms with Gasteiger partial charge in [0.25, 0.3) is 0 Å². The zero-order valence-electron chi connectivity index (χ0n) is 13.9. The standard InChI is InChI=1S/C19H24N4O/c1-2-4-14(5-3-1)18-22-17-7-11-20-10-6-16(17)19(23-18)21-15-8-12-24-13-9-15/h1-5,15,20H,6-13H2,(H,21,22,23). The molecule has 0 spiro atoms. The number of anilines is 1. The molecule has 1 aromatic heterocycles. The van der Waals surface area contributed by atoms with Crippen LogP contribution < -0.4 is 10.6 Å². The van der Waals surface area contributed by atoms with Gasteiger partial charge in [-0.3, -0.25) is 0 Å². The fraction of sp³-hybridized carbons (Fsp3) is 0.474. The second kappa shape index (κ2) is 7.28. The van der Waals surface area contributed by atoms with E-state index >= 15 is 0 Å². The molecule has 0 bridgehead atoms. The van der Waals surface area contributed by atoms with Gasteiger partial charge in [0.15, 0.2) is 5.82 Å². The van der Waals surface area contributed by atoms with Crippen molar-refractivity contribution in [2.75, 3.05) is 31.6 Å². The predicted molar refractivity (Wildman–Crippen MR) is 95.2 cm³/mol. The maximum Gasteiger partial charge on any atom is 0.161 e. The molecule has 5 nitrogen and oxygen atoms in total. The molecule has 2 aliphatic heterocycles. The third kappa shape index (κ3) is 3.42. The molecule has 3 heterocycles. The van der Waals surface area contributed by atoms with Gasteiger partial charge >= 0.3 is 0 Å². The minimum Gasteiger partial charge on any atom is -0.381 e. The van der Waals surface area contributed by atoms with Crippen molar-refractivity contribution in [2.45, 2.75) is 31.7 Å². The third-order valence-corrected chi connectivity index (χ3v) is 4.78. The zero-order chi connectivity index (χ0) is 16.2. The Balaban J connectivity index is 1.71. The third-order valence-electron chi connectivity index (χ3n) is 4.78. The van der Waals surface area contributed by atoms with Gasteiger partial charge in [-0.15, -0.1) is 0 Å². The zero-order valence-corrected chi connectivity index (χ0v) is 13.9. The van der Waals surface area contributed by atoms with Crippen molar-refractivity contribution >= 4 is 5.82 Å². The van der Waals surface area contributed by atoms with Crippen LogP contribution in [0.2, 0.25) is 0 Å². The smallest absolute Gasteiger partial charge is 0.161 e.